The SMILES string of the molecule is CC(C)NCC(CCOCC(F)(F)F)c1ccccc1Cl. The molecule has 1 rings (SSSR count). The Bertz CT molecular complexity index is 424. The maximum Gasteiger partial charge on any atom is 0.411 e. The van der Waals surface area contributed by atoms with E-state index in [4.69, 9.17) is 16.3 Å². The van der Waals surface area contributed by atoms with Crippen LogP contribution >= 0.6 is 11.6 Å². The largest absolute Gasteiger partial charge is 0.411 e. The minimum atomic E-state index is -4.28. The summed E-state index contributed by atoms with van der Waals surface area (Å²) in [6.45, 7) is 3.53. The normalized spacial score (nSPS) is 13.7. The monoisotopic (exact) mass is 323 g/mol. The van der Waals surface area contributed by atoms with Crippen molar-refractivity contribution in [3.05, 3.63) is 34.9 Å². The van der Waals surface area contributed by atoms with E-state index in [1.54, 1.807) is 6.07 Å². The third-order valence-corrected chi connectivity index (χ3v) is 3.34. The van der Waals surface area contributed by atoms with E-state index in [9.17, 15) is 13.2 Å². The van der Waals surface area contributed by atoms with E-state index in [1.807, 2.05) is 32.0 Å². The lowest BCUT2D eigenvalue weighted by Gasteiger charge is -2.21. The smallest absolute Gasteiger partial charge is 0.372 e. The molecule has 0 aliphatic rings. The number of rotatable bonds is 8. The van der Waals surface area contributed by atoms with Gasteiger partial charge in [-0.2, -0.15) is 13.2 Å². The van der Waals surface area contributed by atoms with E-state index >= 15 is 0 Å². The predicted molar refractivity (Wildman–Crippen MR) is 78.8 cm³/mol. The molecule has 1 atom stereocenters. The molecule has 0 saturated carbocycles. The summed E-state index contributed by atoms with van der Waals surface area (Å²) >= 11 is 6.17. The number of alkyl halides is 3. The molecule has 0 heterocycles. The first-order valence-electron chi connectivity index (χ1n) is 6.92. The van der Waals surface area contributed by atoms with E-state index in [1.165, 1.54) is 0 Å². The Morgan fingerprint density at radius 1 is 1.24 bits per heavy atom. The summed E-state index contributed by atoms with van der Waals surface area (Å²) in [6, 6.07) is 7.69. The summed E-state index contributed by atoms with van der Waals surface area (Å²) in [5.74, 6) is 0.0225. The highest BCUT2D eigenvalue weighted by Gasteiger charge is 2.27. The minimum Gasteiger partial charge on any atom is -0.372 e. The van der Waals surface area contributed by atoms with Gasteiger partial charge in [0.1, 0.15) is 6.61 Å². The third-order valence-electron chi connectivity index (χ3n) is 2.99. The Balaban J connectivity index is 2.59. The standard InChI is InChI=1S/C15H21ClF3NO/c1-11(2)20-9-12(7-8-21-10-15(17,18)19)13-5-3-4-6-14(13)16/h3-6,11-12,20H,7-10H2,1-2H3. The van der Waals surface area contributed by atoms with Gasteiger partial charge in [0.2, 0.25) is 0 Å². The molecule has 0 amide bonds. The van der Waals surface area contributed by atoms with E-state index < -0.39 is 12.8 Å². The molecule has 0 aliphatic carbocycles. The first-order valence-corrected chi connectivity index (χ1v) is 7.29. The predicted octanol–water partition coefficient (Wildman–Crippen LogP) is 4.39. The Morgan fingerprint density at radius 2 is 1.90 bits per heavy atom. The van der Waals surface area contributed by atoms with Crippen LogP contribution in [0.5, 0.6) is 0 Å². The summed E-state index contributed by atoms with van der Waals surface area (Å²) in [5, 5.41) is 3.92. The van der Waals surface area contributed by atoms with Crippen molar-refractivity contribution in [3.8, 4) is 0 Å². The van der Waals surface area contributed by atoms with Gasteiger partial charge in [-0.25, -0.2) is 0 Å². The number of nitrogens with one attached hydrogen (secondary N) is 1. The maximum absolute atomic E-state index is 12.1. The van der Waals surface area contributed by atoms with Gasteiger partial charge in [-0.1, -0.05) is 43.6 Å². The number of ether oxygens (including phenoxy) is 1. The first kappa shape index (κ1) is 18.3. The highest BCUT2D eigenvalue weighted by atomic mass is 35.5. The van der Waals surface area contributed by atoms with E-state index in [2.05, 4.69) is 5.32 Å². The van der Waals surface area contributed by atoms with Gasteiger partial charge in [-0.3, -0.25) is 0 Å². The summed E-state index contributed by atoms with van der Waals surface area (Å²) in [4.78, 5) is 0. The molecule has 120 valence electrons. The second-order valence-electron chi connectivity index (χ2n) is 5.24. The lowest BCUT2D eigenvalue weighted by atomic mass is 9.95. The van der Waals surface area contributed by atoms with Crippen LogP contribution in [-0.2, 0) is 4.74 Å². The van der Waals surface area contributed by atoms with Crippen molar-refractivity contribution in [3.63, 3.8) is 0 Å². The van der Waals surface area contributed by atoms with Crippen molar-refractivity contribution in [2.24, 2.45) is 0 Å². The highest BCUT2D eigenvalue weighted by molar-refractivity contribution is 6.31. The van der Waals surface area contributed by atoms with Crippen molar-refractivity contribution < 1.29 is 17.9 Å². The summed E-state index contributed by atoms with van der Waals surface area (Å²) in [6.07, 6.45) is -3.80. The van der Waals surface area contributed by atoms with Gasteiger partial charge >= 0.3 is 6.18 Å². The number of halogens is 4. The van der Waals surface area contributed by atoms with Crippen molar-refractivity contribution in [1.82, 2.24) is 5.32 Å². The zero-order valence-corrected chi connectivity index (χ0v) is 13.0. The molecule has 0 aliphatic heterocycles. The van der Waals surface area contributed by atoms with Crippen LogP contribution in [-0.4, -0.2) is 32.0 Å². The lowest BCUT2D eigenvalue weighted by molar-refractivity contribution is -0.174. The molecule has 0 saturated heterocycles. The van der Waals surface area contributed by atoms with Crippen molar-refractivity contribution >= 4 is 11.6 Å². The number of hydrogen-bond donors (Lipinski definition) is 1. The van der Waals surface area contributed by atoms with Crippen LogP contribution in [0.2, 0.25) is 5.02 Å². The zero-order valence-electron chi connectivity index (χ0n) is 12.2. The number of benzene rings is 1. The fourth-order valence-corrected chi connectivity index (χ4v) is 2.26. The average Bonchev–Trinajstić information content (AvgIpc) is 2.37. The highest BCUT2D eigenvalue weighted by Crippen LogP contribution is 2.27. The molecule has 1 unspecified atom stereocenters. The van der Waals surface area contributed by atoms with Crippen molar-refractivity contribution in [2.75, 3.05) is 19.8 Å². The molecule has 0 fully saturated rings. The maximum atomic E-state index is 12.1. The van der Waals surface area contributed by atoms with Gasteiger partial charge in [0.25, 0.3) is 0 Å². The number of hydrogen-bond acceptors (Lipinski definition) is 2. The topological polar surface area (TPSA) is 21.3 Å². The molecule has 0 spiro atoms. The van der Waals surface area contributed by atoms with Crippen LogP contribution in [0.3, 0.4) is 0 Å². The summed E-state index contributed by atoms with van der Waals surface area (Å²) in [5.41, 5.74) is 0.933. The van der Waals surface area contributed by atoms with Gasteiger partial charge in [-0.15, -0.1) is 0 Å². The Hall–Kier alpha value is -0.780. The van der Waals surface area contributed by atoms with Crippen LogP contribution in [0.15, 0.2) is 24.3 Å². The zero-order chi connectivity index (χ0) is 15.9. The van der Waals surface area contributed by atoms with E-state index in [0.717, 1.165) is 5.56 Å². The van der Waals surface area contributed by atoms with Crippen molar-refractivity contribution in [1.29, 1.82) is 0 Å². The molecule has 1 aromatic carbocycles. The second kappa shape index (κ2) is 8.61. The molecule has 21 heavy (non-hydrogen) atoms. The van der Waals surface area contributed by atoms with Crippen molar-refractivity contribution in [2.45, 2.75) is 38.4 Å². The van der Waals surface area contributed by atoms with Crippen LogP contribution in [0.25, 0.3) is 0 Å². The van der Waals surface area contributed by atoms with E-state index in [0.29, 0.717) is 24.0 Å². The molecule has 1 aromatic rings. The molecule has 2 nitrogen and oxygen atoms in total. The lowest BCUT2D eigenvalue weighted by Crippen LogP contribution is -2.29. The summed E-state index contributed by atoms with van der Waals surface area (Å²) in [7, 11) is 0. The Kier molecular flexibility index (Phi) is 7.49. The first-order chi connectivity index (χ1) is 9.79. The Morgan fingerprint density at radius 3 is 2.48 bits per heavy atom. The molecule has 0 radical (unpaired) electrons. The Labute approximate surface area is 128 Å². The molecule has 6 heteroatoms. The van der Waals surface area contributed by atoms with Crippen LogP contribution in [0.1, 0.15) is 31.7 Å². The van der Waals surface area contributed by atoms with Gasteiger partial charge in [0.15, 0.2) is 0 Å². The second-order valence-corrected chi connectivity index (χ2v) is 5.65. The van der Waals surface area contributed by atoms with Gasteiger partial charge < -0.3 is 10.1 Å². The van der Waals surface area contributed by atoms with Crippen LogP contribution in [0.4, 0.5) is 13.2 Å². The van der Waals surface area contributed by atoms with Crippen LogP contribution in [0, 0.1) is 0 Å². The fraction of sp³-hybridized carbons (Fsp3) is 0.600. The summed E-state index contributed by atoms with van der Waals surface area (Å²) < 4.78 is 40.9. The molecular weight excluding hydrogens is 303 g/mol. The van der Waals surface area contributed by atoms with E-state index in [-0.39, 0.29) is 12.5 Å². The third kappa shape index (κ3) is 7.69. The van der Waals surface area contributed by atoms with Gasteiger partial charge in [-0.05, 0) is 18.1 Å². The van der Waals surface area contributed by atoms with Gasteiger partial charge in [0, 0.05) is 30.1 Å². The minimum absolute atomic E-state index is 0.0225. The molecule has 0 aromatic heterocycles. The molecule has 1 N–H and O–H groups in total. The van der Waals surface area contributed by atoms with Gasteiger partial charge in [0.05, 0.1) is 0 Å². The average molecular weight is 324 g/mol. The molecule has 0 bridgehead atoms. The fourth-order valence-electron chi connectivity index (χ4n) is 1.97. The quantitative estimate of drug-likeness (QED) is 0.716. The van der Waals surface area contributed by atoms with Crippen LogP contribution < -0.4 is 5.32 Å². The molecular formula is C15H21ClF3NO.